The van der Waals surface area contributed by atoms with Crippen LogP contribution >= 0.6 is 0 Å². The molecule has 0 aromatic rings. The molecule has 0 bridgehead atoms. The topological polar surface area (TPSA) is 29.1 Å². The van der Waals surface area contributed by atoms with E-state index in [1.165, 1.54) is 89.9 Å². The van der Waals surface area contributed by atoms with Crippen molar-refractivity contribution in [3.63, 3.8) is 0 Å². The molecule has 0 aliphatic carbocycles. The molecule has 0 rings (SSSR count). The fraction of sp³-hybridized carbons (Fsp3) is 0.952. The van der Waals surface area contributed by atoms with Gasteiger partial charge < -0.3 is 5.32 Å². The van der Waals surface area contributed by atoms with E-state index in [0.717, 1.165) is 25.8 Å². The zero-order valence-corrected chi connectivity index (χ0v) is 16.1. The molecular weight excluding hydrogens is 282 g/mol. The SMILES string of the molecule is CCCCCCCCCCCCCCCCCC(=O)NCCC. The van der Waals surface area contributed by atoms with Crippen molar-refractivity contribution in [3.8, 4) is 0 Å². The summed E-state index contributed by atoms with van der Waals surface area (Å²) in [6.45, 7) is 5.20. The Labute approximate surface area is 146 Å². The molecule has 23 heavy (non-hydrogen) atoms. The molecule has 0 radical (unpaired) electrons. The number of carbonyl (C=O) groups is 1. The molecule has 0 saturated heterocycles. The van der Waals surface area contributed by atoms with Crippen LogP contribution in [0, 0.1) is 0 Å². The lowest BCUT2D eigenvalue weighted by atomic mass is 10.0. The maximum atomic E-state index is 11.4. The smallest absolute Gasteiger partial charge is 0.219 e. The van der Waals surface area contributed by atoms with Crippen molar-refractivity contribution in [2.75, 3.05) is 6.54 Å². The van der Waals surface area contributed by atoms with Crippen LogP contribution in [0.2, 0.25) is 0 Å². The minimum atomic E-state index is 0.238. The van der Waals surface area contributed by atoms with E-state index in [2.05, 4.69) is 19.2 Å². The van der Waals surface area contributed by atoms with Crippen LogP contribution in [0.3, 0.4) is 0 Å². The molecule has 138 valence electrons. The van der Waals surface area contributed by atoms with Gasteiger partial charge in [-0.3, -0.25) is 4.79 Å². The van der Waals surface area contributed by atoms with Crippen molar-refractivity contribution < 1.29 is 4.79 Å². The third-order valence-electron chi connectivity index (χ3n) is 4.58. The Hall–Kier alpha value is -0.530. The predicted molar refractivity (Wildman–Crippen MR) is 103 cm³/mol. The Kier molecular flexibility index (Phi) is 19.1. The van der Waals surface area contributed by atoms with Gasteiger partial charge in [-0.25, -0.2) is 0 Å². The van der Waals surface area contributed by atoms with Gasteiger partial charge in [0.25, 0.3) is 0 Å². The molecule has 0 aromatic carbocycles. The van der Waals surface area contributed by atoms with Crippen molar-refractivity contribution in [3.05, 3.63) is 0 Å². The first-order valence-electron chi connectivity index (χ1n) is 10.6. The van der Waals surface area contributed by atoms with Gasteiger partial charge >= 0.3 is 0 Å². The van der Waals surface area contributed by atoms with Crippen LogP contribution < -0.4 is 5.32 Å². The predicted octanol–water partition coefficient (Wildman–Crippen LogP) is 6.77. The van der Waals surface area contributed by atoms with Gasteiger partial charge in [0.2, 0.25) is 5.91 Å². The van der Waals surface area contributed by atoms with E-state index in [-0.39, 0.29) is 5.91 Å². The van der Waals surface area contributed by atoms with Crippen LogP contribution in [0.1, 0.15) is 123 Å². The second-order valence-corrected chi connectivity index (χ2v) is 7.05. The highest BCUT2D eigenvalue weighted by atomic mass is 16.1. The maximum Gasteiger partial charge on any atom is 0.219 e. The minimum Gasteiger partial charge on any atom is -0.356 e. The zero-order valence-electron chi connectivity index (χ0n) is 16.1. The molecule has 2 nitrogen and oxygen atoms in total. The summed E-state index contributed by atoms with van der Waals surface area (Å²) in [5.41, 5.74) is 0. The molecule has 2 heteroatoms. The van der Waals surface area contributed by atoms with Gasteiger partial charge in [-0.15, -0.1) is 0 Å². The number of nitrogens with one attached hydrogen (secondary N) is 1. The van der Waals surface area contributed by atoms with E-state index < -0.39 is 0 Å². The molecular formula is C21H43NO. The second kappa shape index (κ2) is 19.5. The van der Waals surface area contributed by atoms with Crippen molar-refractivity contribution in [2.24, 2.45) is 0 Å². The summed E-state index contributed by atoms with van der Waals surface area (Å²) in [6, 6.07) is 0. The summed E-state index contributed by atoms with van der Waals surface area (Å²) >= 11 is 0. The summed E-state index contributed by atoms with van der Waals surface area (Å²) in [5.74, 6) is 0.238. The van der Waals surface area contributed by atoms with E-state index in [1.807, 2.05) is 0 Å². The van der Waals surface area contributed by atoms with E-state index >= 15 is 0 Å². The van der Waals surface area contributed by atoms with Crippen molar-refractivity contribution in [1.82, 2.24) is 5.32 Å². The first kappa shape index (κ1) is 22.5. The van der Waals surface area contributed by atoms with Crippen LogP contribution in [0.4, 0.5) is 0 Å². The Bertz CT molecular complexity index is 240. The molecule has 0 aromatic heterocycles. The third kappa shape index (κ3) is 19.4. The summed E-state index contributed by atoms with van der Waals surface area (Å²) in [6.07, 6.45) is 22.4. The van der Waals surface area contributed by atoms with Crippen LogP contribution in [0.5, 0.6) is 0 Å². The fourth-order valence-electron chi connectivity index (χ4n) is 3.01. The van der Waals surface area contributed by atoms with Crippen LogP contribution in [0.15, 0.2) is 0 Å². The maximum absolute atomic E-state index is 11.4. The number of unbranched alkanes of at least 4 members (excludes halogenated alkanes) is 14. The molecule has 0 aliphatic rings. The van der Waals surface area contributed by atoms with Gasteiger partial charge in [-0.05, 0) is 12.8 Å². The van der Waals surface area contributed by atoms with Crippen LogP contribution in [0.25, 0.3) is 0 Å². The average Bonchev–Trinajstić information content (AvgIpc) is 2.56. The van der Waals surface area contributed by atoms with Gasteiger partial charge in [-0.2, -0.15) is 0 Å². The second-order valence-electron chi connectivity index (χ2n) is 7.05. The lowest BCUT2D eigenvalue weighted by Gasteiger charge is -2.04. The van der Waals surface area contributed by atoms with E-state index in [0.29, 0.717) is 0 Å². The molecule has 0 aliphatic heterocycles. The first-order valence-corrected chi connectivity index (χ1v) is 10.6. The van der Waals surface area contributed by atoms with Gasteiger partial charge in [-0.1, -0.05) is 104 Å². The molecule has 0 fully saturated rings. The molecule has 0 atom stereocenters. The summed E-state index contributed by atoms with van der Waals surface area (Å²) < 4.78 is 0. The normalized spacial score (nSPS) is 10.9. The Morgan fingerprint density at radius 1 is 0.565 bits per heavy atom. The summed E-state index contributed by atoms with van der Waals surface area (Å²) in [4.78, 5) is 11.4. The average molecular weight is 326 g/mol. The molecule has 0 unspecified atom stereocenters. The highest BCUT2D eigenvalue weighted by Crippen LogP contribution is 2.13. The van der Waals surface area contributed by atoms with Gasteiger partial charge in [0.1, 0.15) is 0 Å². The standard InChI is InChI=1S/C21H43NO/c1-3-5-6-7-8-9-10-11-12-13-14-15-16-17-18-19-21(23)22-20-4-2/h3-20H2,1-2H3,(H,22,23). The zero-order chi connectivity index (χ0) is 17.0. The lowest BCUT2D eigenvalue weighted by Crippen LogP contribution is -2.23. The lowest BCUT2D eigenvalue weighted by molar-refractivity contribution is -0.121. The molecule has 1 N–H and O–H groups in total. The number of amides is 1. The van der Waals surface area contributed by atoms with E-state index in [4.69, 9.17) is 0 Å². The monoisotopic (exact) mass is 325 g/mol. The Morgan fingerprint density at radius 2 is 0.957 bits per heavy atom. The van der Waals surface area contributed by atoms with E-state index in [9.17, 15) is 4.79 Å². The molecule has 0 heterocycles. The van der Waals surface area contributed by atoms with Gasteiger partial charge in [0, 0.05) is 13.0 Å². The summed E-state index contributed by atoms with van der Waals surface area (Å²) in [7, 11) is 0. The van der Waals surface area contributed by atoms with Crippen molar-refractivity contribution >= 4 is 5.91 Å². The Balaban J connectivity index is 3.04. The van der Waals surface area contributed by atoms with Crippen LogP contribution in [-0.2, 0) is 4.79 Å². The largest absolute Gasteiger partial charge is 0.356 e. The minimum absolute atomic E-state index is 0.238. The number of rotatable bonds is 18. The third-order valence-corrected chi connectivity index (χ3v) is 4.58. The first-order chi connectivity index (χ1) is 11.3. The van der Waals surface area contributed by atoms with Gasteiger partial charge in [0.15, 0.2) is 0 Å². The van der Waals surface area contributed by atoms with Crippen LogP contribution in [-0.4, -0.2) is 12.5 Å². The highest BCUT2D eigenvalue weighted by Gasteiger charge is 1.99. The molecule has 0 saturated carbocycles. The summed E-state index contributed by atoms with van der Waals surface area (Å²) in [5, 5.41) is 2.94. The Morgan fingerprint density at radius 3 is 1.35 bits per heavy atom. The molecule has 0 spiro atoms. The fourth-order valence-corrected chi connectivity index (χ4v) is 3.01. The quantitative estimate of drug-likeness (QED) is 0.277. The molecule has 1 amide bonds. The van der Waals surface area contributed by atoms with Crippen molar-refractivity contribution in [1.29, 1.82) is 0 Å². The number of carbonyl (C=O) groups excluding carboxylic acids is 1. The number of hydrogen-bond donors (Lipinski definition) is 1. The number of hydrogen-bond acceptors (Lipinski definition) is 1. The van der Waals surface area contributed by atoms with Crippen molar-refractivity contribution in [2.45, 2.75) is 123 Å². The van der Waals surface area contributed by atoms with Gasteiger partial charge in [0.05, 0.1) is 0 Å². The van der Waals surface area contributed by atoms with E-state index in [1.54, 1.807) is 0 Å². The highest BCUT2D eigenvalue weighted by molar-refractivity contribution is 5.75.